The predicted molar refractivity (Wildman–Crippen MR) is 195 cm³/mol. The largest absolute Gasteiger partial charge is 0.479 e. The molecule has 1 fully saturated rings. The summed E-state index contributed by atoms with van der Waals surface area (Å²) in [6.45, 7) is 18.9. The maximum Gasteiger partial charge on any atom is 0.337 e. The first kappa shape index (κ1) is 33.9. The number of piperidine rings is 1. The number of carboxylic acids is 1. The molecule has 48 heavy (non-hydrogen) atoms. The van der Waals surface area contributed by atoms with Crippen LogP contribution < -0.4 is 4.90 Å². The van der Waals surface area contributed by atoms with E-state index in [2.05, 4.69) is 103 Å². The zero-order valence-electron chi connectivity index (χ0n) is 29.8. The zero-order chi connectivity index (χ0) is 34.2. The van der Waals surface area contributed by atoms with Crippen molar-refractivity contribution < 1.29 is 14.6 Å². The molecule has 1 atom stereocenters. The Morgan fingerprint density at radius 3 is 2.27 bits per heavy atom. The van der Waals surface area contributed by atoms with Crippen LogP contribution in [0.25, 0.3) is 22.3 Å². The van der Waals surface area contributed by atoms with Crippen molar-refractivity contribution in [3.05, 3.63) is 106 Å². The topological polar surface area (TPSA) is 65.9 Å². The summed E-state index contributed by atoms with van der Waals surface area (Å²) < 4.78 is 6.28. The van der Waals surface area contributed by atoms with Gasteiger partial charge in [-0.05, 0) is 98.7 Å². The maximum absolute atomic E-state index is 12.9. The summed E-state index contributed by atoms with van der Waals surface area (Å²) in [4.78, 5) is 22.8. The molecule has 0 radical (unpaired) electrons. The third kappa shape index (κ3) is 7.50. The first-order valence-corrected chi connectivity index (χ1v) is 17.4. The number of fused-ring (bicyclic) bond motifs is 1. The van der Waals surface area contributed by atoms with Crippen molar-refractivity contribution in [2.45, 2.75) is 92.5 Å². The Labute approximate surface area is 286 Å². The van der Waals surface area contributed by atoms with E-state index in [1.807, 2.05) is 27.7 Å². The van der Waals surface area contributed by atoms with E-state index in [9.17, 15) is 9.90 Å². The van der Waals surface area contributed by atoms with E-state index in [-0.39, 0.29) is 5.41 Å². The number of aryl methyl sites for hydroxylation is 2. The van der Waals surface area contributed by atoms with Gasteiger partial charge in [-0.3, -0.25) is 9.88 Å². The van der Waals surface area contributed by atoms with Crippen molar-refractivity contribution in [2.75, 3.05) is 24.5 Å². The van der Waals surface area contributed by atoms with Crippen molar-refractivity contribution in [3.63, 3.8) is 0 Å². The lowest BCUT2D eigenvalue weighted by atomic mass is 9.81. The summed E-state index contributed by atoms with van der Waals surface area (Å²) in [6, 6.07) is 26.3. The van der Waals surface area contributed by atoms with Gasteiger partial charge in [-0.1, -0.05) is 80.6 Å². The molecule has 0 bridgehead atoms. The molecule has 0 unspecified atom stereocenters. The Bertz CT molecular complexity index is 1780. The van der Waals surface area contributed by atoms with Crippen LogP contribution in [0.4, 0.5) is 5.69 Å². The van der Waals surface area contributed by atoms with Crippen LogP contribution >= 0.6 is 0 Å². The molecule has 1 saturated heterocycles. The summed E-state index contributed by atoms with van der Waals surface area (Å²) >= 11 is 0. The lowest BCUT2D eigenvalue weighted by Gasteiger charge is -2.41. The summed E-state index contributed by atoms with van der Waals surface area (Å²) in [7, 11) is 0. The second-order valence-corrected chi connectivity index (χ2v) is 15.5. The van der Waals surface area contributed by atoms with E-state index in [0.29, 0.717) is 5.56 Å². The van der Waals surface area contributed by atoms with Crippen LogP contribution in [0.15, 0.2) is 72.8 Å². The monoisotopic (exact) mass is 645 g/mol. The highest BCUT2D eigenvalue weighted by Crippen LogP contribution is 2.45. The van der Waals surface area contributed by atoms with Crippen molar-refractivity contribution >= 4 is 11.7 Å². The average molecular weight is 646 g/mol. The molecule has 0 amide bonds. The molecule has 1 N–H and O–H groups in total. The lowest BCUT2D eigenvalue weighted by Crippen LogP contribution is -2.39. The van der Waals surface area contributed by atoms with Crippen molar-refractivity contribution in [2.24, 2.45) is 5.41 Å². The summed E-state index contributed by atoms with van der Waals surface area (Å²) in [5.41, 5.74) is 11.6. The lowest BCUT2D eigenvalue weighted by molar-refractivity contribution is -0.160. The highest BCUT2D eigenvalue weighted by Gasteiger charge is 2.36. The van der Waals surface area contributed by atoms with Crippen LogP contribution in [-0.4, -0.2) is 46.2 Å². The highest BCUT2D eigenvalue weighted by molar-refractivity contribution is 5.88. The molecule has 6 nitrogen and oxygen atoms in total. The van der Waals surface area contributed by atoms with Crippen LogP contribution in [0.3, 0.4) is 0 Å². The first-order valence-electron chi connectivity index (χ1n) is 17.4. The number of pyridine rings is 1. The molecule has 0 saturated carbocycles. The number of rotatable bonds is 8. The Balaban J connectivity index is 1.34. The Morgan fingerprint density at radius 1 is 0.875 bits per heavy atom. The SMILES string of the molecule is Cc1nc(C)c([C@H](OC(C)(C)C)C(=O)O)c(N2CCC(C)(C)CC2)c1-c1ccc2c(c1)CCN(Cc1cccc(-c3ccccc3)c1)C2. The number of benzene rings is 3. The average Bonchev–Trinajstić information content (AvgIpc) is 3.03. The molecule has 1 aromatic heterocycles. The molecule has 6 heteroatoms. The minimum absolute atomic E-state index is 0.253. The molecular weight excluding hydrogens is 594 g/mol. The number of hydrogen-bond acceptors (Lipinski definition) is 5. The summed E-state index contributed by atoms with van der Waals surface area (Å²) in [5, 5.41) is 10.5. The van der Waals surface area contributed by atoms with E-state index >= 15 is 0 Å². The summed E-state index contributed by atoms with van der Waals surface area (Å²) in [5.74, 6) is -0.983. The fraction of sp³-hybridized carbons (Fsp3) is 0.429. The van der Waals surface area contributed by atoms with Crippen LogP contribution in [0, 0.1) is 19.3 Å². The molecule has 3 aromatic carbocycles. The van der Waals surface area contributed by atoms with Crippen molar-refractivity contribution in [3.8, 4) is 22.3 Å². The Hall–Kier alpha value is -4.00. The maximum atomic E-state index is 12.9. The van der Waals surface area contributed by atoms with Gasteiger partial charge in [0.1, 0.15) is 0 Å². The van der Waals surface area contributed by atoms with E-state index in [4.69, 9.17) is 9.72 Å². The van der Waals surface area contributed by atoms with Crippen LogP contribution in [-0.2, 0) is 29.0 Å². The predicted octanol–water partition coefficient (Wildman–Crippen LogP) is 9.16. The van der Waals surface area contributed by atoms with Gasteiger partial charge >= 0.3 is 5.97 Å². The van der Waals surface area contributed by atoms with Crippen molar-refractivity contribution in [1.82, 2.24) is 9.88 Å². The molecule has 6 rings (SSSR count). The van der Waals surface area contributed by atoms with E-state index in [1.54, 1.807) is 0 Å². The minimum Gasteiger partial charge on any atom is -0.479 e. The van der Waals surface area contributed by atoms with Gasteiger partial charge in [-0.2, -0.15) is 0 Å². The second kappa shape index (κ2) is 13.5. The van der Waals surface area contributed by atoms with Gasteiger partial charge in [-0.25, -0.2) is 4.79 Å². The molecule has 3 heterocycles. The van der Waals surface area contributed by atoms with Crippen LogP contribution in [0.2, 0.25) is 0 Å². The van der Waals surface area contributed by atoms with Gasteiger partial charge in [0.15, 0.2) is 6.10 Å². The third-order valence-corrected chi connectivity index (χ3v) is 10.00. The number of nitrogens with zero attached hydrogens (tertiary/aromatic N) is 3. The van der Waals surface area contributed by atoms with E-state index in [0.717, 1.165) is 80.2 Å². The van der Waals surface area contributed by atoms with Gasteiger partial charge in [0.05, 0.1) is 11.3 Å². The molecule has 2 aliphatic rings. The number of aliphatic carboxylic acids is 1. The summed E-state index contributed by atoms with van der Waals surface area (Å²) in [6.07, 6.45) is 1.93. The normalized spacial score (nSPS) is 17.2. The standard InChI is InChI=1S/C42H51N3O3/c1-28-36(38(45-22-19-42(6,7)20-23-45)37(29(2)43-28)39(40(46)47)48-41(3,4)5)34-16-17-35-27-44(21-18-33(35)25-34)26-30-12-11-15-32(24-30)31-13-9-8-10-14-31/h8-17,24-25,39H,18-23,26-27H2,1-7H3,(H,46,47)/t39-/m0/s1. The number of hydrogen-bond donors (Lipinski definition) is 1. The molecular formula is C42H51N3O3. The van der Waals surface area contributed by atoms with Gasteiger partial charge in [-0.15, -0.1) is 0 Å². The second-order valence-electron chi connectivity index (χ2n) is 15.5. The van der Waals surface area contributed by atoms with Crippen LogP contribution in [0.1, 0.15) is 87.2 Å². The number of ether oxygens (including phenoxy) is 1. The van der Waals surface area contributed by atoms with Crippen LogP contribution in [0.5, 0.6) is 0 Å². The van der Waals surface area contributed by atoms with Gasteiger partial charge in [0.25, 0.3) is 0 Å². The van der Waals surface area contributed by atoms with E-state index in [1.165, 1.54) is 27.8 Å². The van der Waals surface area contributed by atoms with Gasteiger partial charge in [0.2, 0.25) is 0 Å². The third-order valence-electron chi connectivity index (χ3n) is 10.00. The molecule has 0 aliphatic carbocycles. The van der Waals surface area contributed by atoms with Gasteiger partial charge in [0, 0.05) is 55.2 Å². The number of anilines is 1. The first-order chi connectivity index (χ1) is 22.8. The fourth-order valence-corrected chi connectivity index (χ4v) is 7.39. The molecule has 252 valence electrons. The molecule has 0 spiro atoms. The number of carbonyl (C=O) groups is 1. The molecule has 4 aromatic rings. The fourth-order valence-electron chi connectivity index (χ4n) is 7.39. The number of aromatic nitrogens is 1. The Kier molecular flexibility index (Phi) is 9.52. The Morgan fingerprint density at radius 2 is 1.58 bits per heavy atom. The quantitative estimate of drug-likeness (QED) is 0.206. The smallest absolute Gasteiger partial charge is 0.337 e. The highest BCUT2D eigenvalue weighted by atomic mass is 16.5. The van der Waals surface area contributed by atoms with Gasteiger partial charge < -0.3 is 14.7 Å². The minimum atomic E-state index is -1.12. The number of carboxylic acid groups (broad SMARTS) is 1. The molecule has 2 aliphatic heterocycles. The zero-order valence-corrected chi connectivity index (χ0v) is 29.8. The van der Waals surface area contributed by atoms with E-state index < -0.39 is 17.7 Å². The van der Waals surface area contributed by atoms with Crippen molar-refractivity contribution in [1.29, 1.82) is 0 Å².